The Kier molecular flexibility index (Phi) is 6.13. The molecule has 0 bridgehead atoms. The maximum Gasteiger partial charge on any atom is 0.244 e. The molecule has 2 aromatic rings. The van der Waals surface area contributed by atoms with E-state index < -0.39 is 5.91 Å². The van der Waals surface area contributed by atoms with Crippen molar-refractivity contribution in [2.45, 2.75) is 13.8 Å². The molecule has 0 aliphatic rings. The van der Waals surface area contributed by atoms with Crippen molar-refractivity contribution < 1.29 is 14.3 Å². The zero-order chi connectivity index (χ0) is 18.2. The number of carbonyl (C=O) groups is 2. The molecule has 0 aliphatic heterocycles. The molecule has 0 radical (unpaired) electrons. The molecule has 25 heavy (non-hydrogen) atoms. The van der Waals surface area contributed by atoms with E-state index in [2.05, 4.69) is 5.32 Å². The normalized spacial score (nSPS) is 9.80. The Hall–Kier alpha value is -3.33. The van der Waals surface area contributed by atoms with Crippen molar-refractivity contribution in [3.63, 3.8) is 0 Å². The molecule has 2 amide bonds. The molecule has 6 heteroatoms. The van der Waals surface area contributed by atoms with E-state index in [0.29, 0.717) is 29.3 Å². The second kappa shape index (κ2) is 8.50. The molecule has 0 atom stereocenters. The number of hydrogen-bond donors (Lipinski definition) is 1. The first-order valence-corrected chi connectivity index (χ1v) is 7.85. The molecule has 0 fully saturated rings. The molecule has 0 saturated carbocycles. The Bertz CT molecular complexity index is 812. The maximum absolute atomic E-state index is 12.4. The van der Waals surface area contributed by atoms with Gasteiger partial charge in [0.1, 0.15) is 18.4 Å². The van der Waals surface area contributed by atoms with E-state index in [1.165, 1.54) is 11.8 Å². The summed E-state index contributed by atoms with van der Waals surface area (Å²) in [6, 6.07) is 15.8. The van der Waals surface area contributed by atoms with Crippen LogP contribution in [0.4, 0.5) is 11.4 Å². The number of anilines is 2. The van der Waals surface area contributed by atoms with Crippen LogP contribution < -0.4 is 15.0 Å². The molecule has 2 aromatic carbocycles. The summed E-state index contributed by atoms with van der Waals surface area (Å²) >= 11 is 0. The van der Waals surface area contributed by atoms with Gasteiger partial charge in [-0.05, 0) is 31.2 Å². The van der Waals surface area contributed by atoms with Crippen molar-refractivity contribution in [1.29, 1.82) is 5.26 Å². The van der Waals surface area contributed by atoms with E-state index in [1.54, 1.807) is 48.5 Å². The number of benzene rings is 2. The lowest BCUT2D eigenvalue weighted by molar-refractivity contribution is -0.120. The smallest absolute Gasteiger partial charge is 0.244 e. The first-order chi connectivity index (χ1) is 12.1. The summed E-state index contributed by atoms with van der Waals surface area (Å²) in [6.45, 7) is 3.50. The Morgan fingerprint density at radius 3 is 2.52 bits per heavy atom. The number of nitrogens with zero attached hydrogens (tertiary/aromatic N) is 2. The van der Waals surface area contributed by atoms with Crippen LogP contribution >= 0.6 is 0 Å². The van der Waals surface area contributed by atoms with E-state index in [4.69, 9.17) is 10.00 Å². The summed E-state index contributed by atoms with van der Waals surface area (Å²) in [4.78, 5) is 25.8. The molecular weight excluding hydrogens is 318 g/mol. The maximum atomic E-state index is 12.4. The van der Waals surface area contributed by atoms with Gasteiger partial charge in [-0.25, -0.2) is 0 Å². The molecule has 0 unspecified atom stereocenters. The molecule has 0 saturated heterocycles. The number of nitriles is 1. The van der Waals surface area contributed by atoms with Gasteiger partial charge in [-0.15, -0.1) is 0 Å². The van der Waals surface area contributed by atoms with Crippen molar-refractivity contribution >= 4 is 23.2 Å². The Balaban J connectivity index is 2.21. The Morgan fingerprint density at radius 1 is 1.16 bits per heavy atom. The number of nitrogens with one attached hydrogen (secondary N) is 1. The third kappa shape index (κ3) is 4.58. The first kappa shape index (κ1) is 18.0. The van der Waals surface area contributed by atoms with Crippen molar-refractivity contribution in [1.82, 2.24) is 0 Å². The average molecular weight is 337 g/mol. The lowest BCUT2D eigenvalue weighted by atomic mass is 10.2. The van der Waals surface area contributed by atoms with Crippen LogP contribution in [0.2, 0.25) is 0 Å². The van der Waals surface area contributed by atoms with Gasteiger partial charge >= 0.3 is 0 Å². The summed E-state index contributed by atoms with van der Waals surface area (Å²) in [6.07, 6.45) is 0. The van der Waals surface area contributed by atoms with Crippen LogP contribution in [0.1, 0.15) is 19.4 Å². The summed E-state index contributed by atoms with van der Waals surface area (Å²) < 4.78 is 5.54. The van der Waals surface area contributed by atoms with Crippen molar-refractivity contribution in [2.24, 2.45) is 0 Å². The van der Waals surface area contributed by atoms with Gasteiger partial charge < -0.3 is 10.1 Å². The van der Waals surface area contributed by atoms with E-state index in [1.807, 2.05) is 13.0 Å². The van der Waals surface area contributed by atoms with Crippen LogP contribution in [0.3, 0.4) is 0 Å². The molecule has 2 rings (SSSR count). The predicted octanol–water partition coefficient (Wildman–Crippen LogP) is 2.95. The minimum absolute atomic E-state index is 0.181. The van der Waals surface area contributed by atoms with Crippen LogP contribution in [0.5, 0.6) is 5.75 Å². The number of amides is 2. The summed E-state index contributed by atoms with van der Waals surface area (Å²) in [5, 5.41) is 11.8. The van der Waals surface area contributed by atoms with Gasteiger partial charge in [0, 0.05) is 6.92 Å². The van der Waals surface area contributed by atoms with Crippen molar-refractivity contribution in [3.8, 4) is 11.8 Å². The molecular formula is C19H19N3O3. The molecule has 1 N–H and O–H groups in total. The minimum Gasteiger partial charge on any atom is -0.492 e. The van der Waals surface area contributed by atoms with Gasteiger partial charge in [0.25, 0.3) is 0 Å². The first-order valence-electron chi connectivity index (χ1n) is 7.85. The van der Waals surface area contributed by atoms with E-state index in [0.717, 1.165) is 0 Å². The summed E-state index contributed by atoms with van der Waals surface area (Å²) in [5.41, 5.74) is 1.30. The number of carbonyl (C=O) groups excluding carboxylic acids is 2. The van der Waals surface area contributed by atoms with Gasteiger partial charge in [-0.1, -0.05) is 24.3 Å². The average Bonchev–Trinajstić information content (AvgIpc) is 2.61. The fourth-order valence-corrected chi connectivity index (χ4v) is 2.35. The highest BCUT2D eigenvalue weighted by molar-refractivity contribution is 6.03. The quantitative estimate of drug-likeness (QED) is 0.878. The van der Waals surface area contributed by atoms with Gasteiger partial charge in [0.05, 0.1) is 23.5 Å². The largest absolute Gasteiger partial charge is 0.492 e. The van der Waals surface area contributed by atoms with E-state index >= 15 is 0 Å². The van der Waals surface area contributed by atoms with Crippen LogP contribution in [0, 0.1) is 11.3 Å². The molecule has 128 valence electrons. The zero-order valence-electron chi connectivity index (χ0n) is 14.2. The van der Waals surface area contributed by atoms with E-state index in [-0.39, 0.29) is 12.5 Å². The Morgan fingerprint density at radius 2 is 1.84 bits per heavy atom. The topological polar surface area (TPSA) is 82.4 Å². The molecule has 0 aliphatic carbocycles. The number of ether oxygens (including phenoxy) is 1. The predicted molar refractivity (Wildman–Crippen MR) is 95.4 cm³/mol. The Labute approximate surface area is 146 Å². The van der Waals surface area contributed by atoms with Crippen LogP contribution in [-0.2, 0) is 9.59 Å². The monoisotopic (exact) mass is 337 g/mol. The highest BCUT2D eigenvalue weighted by atomic mass is 16.5. The lowest BCUT2D eigenvalue weighted by Gasteiger charge is -2.23. The van der Waals surface area contributed by atoms with Gasteiger partial charge in [-0.3, -0.25) is 14.5 Å². The second-order valence-electron chi connectivity index (χ2n) is 5.21. The third-order valence-corrected chi connectivity index (χ3v) is 3.46. The number of para-hydroxylation sites is 3. The summed E-state index contributed by atoms with van der Waals surface area (Å²) in [7, 11) is 0. The number of hydrogen-bond acceptors (Lipinski definition) is 4. The molecule has 0 heterocycles. The lowest BCUT2D eigenvalue weighted by Crippen LogP contribution is -2.37. The highest BCUT2D eigenvalue weighted by Gasteiger charge is 2.19. The van der Waals surface area contributed by atoms with Gasteiger partial charge in [-0.2, -0.15) is 5.26 Å². The number of rotatable bonds is 6. The SMILES string of the molecule is CCOc1ccccc1N(CC(=O)Nc1ccccc1C#N)C(C)=O. The van der Waals surface area contributed by atoms with Crippen LogP contribution in [-0.4, -0.2) is 25.0 Å². The van der Waals surface area contributed by atoms with Crippen LogP contribution in [0.25, 0.3) is 0 Å². The van der Waals surface area contributed by atoms with Crippen molar-refractivity contribution in [2.75, 3.05) is 23.4 Å². The highest BCUT2D eigenvalue weighted by Crippen LogP contribution is 2.28. The van der Waals surface area contributed by atoms with E-state index in [9.17, 15) is 9.59 Å². The minimum atomic E-state index is -0.399. The fourth-order valence-electron chi connectivity index (χ4n) is 2.35. The zero-order valence-corrected chi connectivity index (χ0v) is 14.2. The van der Waals surface area contributed by atoms with Crippen molar-refractivity contribution in [3.05, 3.63) is 54.1 Å². The third-order valence-electron chi connectivity index (χ3n) is 3.46. The summed E-state index contributed by atoms with van der Waals surface area (Å²) in [5.74, 6) is -0.148. The molecule has 0 aromatic heterocycles. The van der Waals surface area contributed by atoms with Gasteiger partial charge in [0.2, 0.25) is 11.8 Å². The second-order valence-corrected chi connectivity index (χ2v) is 5.21. The van der Waals surface area contributed by atoms with Crippen LogP contribution in [0.15, 0.2) is 48.5 Å². The molecule has 0 spiro atoms. The standard InChI is InChI=1S/C19H19N3O3/c1-3-25-18-11-7-6-10-17(18)22(14(2)23)13-19(24)21-16-9-5-4-8-15(16)12-20/h4-11H,3,13H2,1-2H3,(H,21,24). The van der Waals surface area contributed by atoms with Gasteiger partial charge in [0.15, 0.2) is 0 Å². The molecule has 6 nitrogen and oxygen atoms in total. The fraction of sp³-hybridized carbons (Fsp3) is 0.211.